The Kier molecular flexibility index (Phi) is 4.90. The second-order valence-corrected chi connectivity index (χ2v) is 4.70. The van der Waals surface area contributed by atoms with E-state index in [1.54, 1.807) is 11.9 Å². The Morgan fingerprint density at radius 2 is 1.70 bits per heavy atom. The predicted octanol–water partition coefficient (Wildman–Crippen LogP) is 0.828. The highest BCUT2D eigenvalue weighted by Crippen LogP contribution is 2.40. The number of hydrogen-bond acceptors (Lipinski definition) is 3. The SMILES string of the molecule is CN1CCN(C(=O)C(C(F)(F)F)C(F)(F)F)C(CN)C1. The van der Waals surface area contributed by atoms with Gasteiger partial charge in [-0.2, -0.15) is 26.3 Å². The number of nitrogens with two attached hydrogens (primary N) is 1. The minimum Gasteiger partial charge on any atom is -0.335 e. The lowest BCUT2D eigenvalue weighted by Gasteiger charge is -2.41. The lowest BCUT2D eigenvalue weighted by molar-refractivity contribution is -0.278. The molecule has 0 spiro atoms. The molecule has 1 amide bonds. The number of halogens is 6. The van der Waals surface area contributed by atoms with E-state index in [9.17, 15) is 31.1 Å². The number of hydrogen-bond donors (Lipinski definition) is 1. The lowest BCUT2D eigenvalue weighted by atomic mass is 10.0. The molecule has 1 saturated heterocycles. The van der Waals surface area contributed by atoms with Crippen molar-refractivity contribution in [2.45, 2.75) is 18.4 Å². The summed E-state index contributed by atoms with van der Waals surface area (Å²) in [6.45, 7) is -0.0618. The van der Waals surface area contributed by atoms with Gasteiger partial charge in [0.25, 0.3) is 0 Å². The Hall–Kier alpha value is -1.03. The smallest absolute Gasteiger partial charge is 0.335 e. The lowest BCUT2D eigenvalue weighted by Crippen LogP contribution is -2.61. The Bertz CT molecular complexity index is 342. The number of piperazine rings is 1. The van der Waals surface area contributed by atoms with E-state index in [4.69, 9.17) is 5.73 Å². The van der Waals surface area contributed by atoms with Crippen molar-refractivity contribution >= 4 is 5.91 Å². The maximum absolute atomic E-state index is 12.5. The van der Waals surface area contributed by atoms with Crippen LogP contribution in [0.1, 0.15) is 0 Å². The van der Waals surface area contributed by atoms with Crippen molar-refractivity contribution in [3.05, 3.63) is 0 Å². The van der Waals surface area contributed by atoms with Crippen molar-refractivity contribution in [1.82, 2.24) is 9.80 Å². The van der Waals surface area contributed by atoms with E-state index in [0.717, 1.165) is 0 Å². The topological polar surface area (TPSA) is 49.6 Å². The summed E-state index contributed by atoms with van der Waals surface area (Å²) < 4.78 is 75.1. The predicted molar refractivity (Wildman–Crippen MR) is 57.7 cm³/mol. The van der Waals surface area contributed by atoms with Crippen molar-refractivity contribution in [3.8, 4) is 0 Å². The summed E-state index contributed by atoms with van der Waals surface area (Å²) in [5.74, 6) is -5.97. The van der Waals surface area contributed by atoms with Crippen LogP contribution < -0.4 is 5.73 Å². The normalized spacial score (nSPS) is 22.4. The Balaban J connectivity index is 3.00. The molecule has 2 N–H and O–H groups in total. The van der Waals surface area contributed by atoms with Gasteiger partial charge in [0.15, 0.2) is 0 Å². The van der Waals surface area contributed by atoms with Gasteiger partial charge in [0, 0.05) is 26.2 Å². The Morgan fingerprint density at radius 1 is 1.20 bits per heavy atom. The molecule has 0 bridgehead atoms. The van der Waals surface area contributed by atoms with Crippen molar-refractivity contribution in [2.75, 3.05) is 33.2 Å². The summed E-state index contributed by atoms with van der Waals surface area (Å²) in [5, 5.41) is 0. The molecule has 1 aliphatic rings. The van der Waals surface area contributed by atoms with Crippen LogP contribution >= 0.6 is 0 Å². The van der Waals surface area contributed by atoms with E-state index in [0.29, 0.717) is 4.90 Å². The molecular weight excluding hydrogens is 292 g/mol. The van der Waals surface area contributed by atoms with Crippen LogP contribution in [-0.2, 0) is 4.79 Å². The minimum absolute atomic E-state index is 0.144. The molecule has 1 heterocycles. The highest BCUT2D eigenvalue weighted by molar-refractivity contribution is 5.81. The highest BCUT2D eigenvalue weighted by atomic mass is 19.4. The summed E-state index contributed by atoms with van der Waals surface area (Å²) in [4.78, 5) is 14.0. The third-order valence-corrected chi connectivity index (χ3v) is 3.14. The molecule has 4 nitrogen and oxygen atoms in total. The van der Waals surface area contributed by atoms with Gasteiger partial charge in [0.1, 0.15) is 0 Å². The molecule has 0 aromatic rings. The first kappa shape index (κ1) is 17.0. The van der Waals surface area contributed by atoms with E-state index < -0.39 is 30.2 Å². The molecular formula is C10H15F6N3O. The Morgan fingerprint density at radius 3 is 2.10 bits per heavy atom. The first-order valence-electron chi connectivity index (χ1n) is 5.81. The van der Waals surface area contributed by atoms with Gasteiger partial charge in [0.2, 0.25) is 11.8 Å². The largest absolute Gasteiger partial charge is 0.409 e. The van der Waals surface area contributed by atoms with Crippen LogP contribution in [0.25, 0.3) is 0 Å². The zero-order valence-corrected chi connectivity index (χ0v) is 10.6. The van der Waals surface area contributed by atoms with Crippen LogP contribution in [-0.4, -0.2) is 67.3 Å². The van der Waals surface area contributed by atoms with Crippen molar-refractivity contribution in [2.24, 2.45) is 11.7 Å². The molecule has 20 heavy (non-hydrogen) atoms. The molecule has 118 valence electrons. The zero-order valence-electron chi connectivity index (χ0n) is 10.6. The third-order valence-electron chi connectivity index (χ3n) is 3.14. The third kappa shape index (κ3) is 3.75. The second-order valence-electron chi connectivity index (χ2n) is 4.70. The van der Waals surface area contributed by atoms with Gasteiger partial charge in [-0.1, -0.05) is 0 Å². The molecule has 0 aromatic heterocycles. The minimum atomic E-state index is -5.67. The fourth-order valence-corrected chi connectivity index (χ4v) is 2.13. The van der Waals surface area contributed by atoms with Crippen molar-refractivity contribution in [1.29, 1.82) is 0 Å². The molecule has 10 heteroatoms. The van der Waals surface area contributed by atoms with Crippen LogP contribution in [0.2, 0.25) is 0 Å². The fourth-order valence-electron chi connectivity index (χ4n) is 2.13. The number of nitrogens with zero attached hydrogens (tertiary/aromatic N) is 2. The maximum Gasteiger partial charge on any atom is 0.409 e. The molecule has 0 aliphatic carbocycles. The van der Waals surface area contributed by atoms with Crippen LogP contribution in [0.4, 0.5) is 26.3 Å². The van der Waals surface area contributed by atoms with E-state index in [1.165, 1.54) is 0 Å². The van der Waals surface area contributed by atoms with Crippen molar-refractivity contribution in [3.63, 3.8) is 0 Å². The number of alkyl halides is 6. The molecule has 0 saturated carbocycles. The molecule has 1 atom stereocenters. The van der Waals surface area contributed by atoms with E-state index in [-0.39, 0.29) is 26.2 Å². The average Bonchev–Trinajstić information content (AvgIpc) is 2.24. The van der Waals surface area contributed by atoms with Crippen LogP contribution in [0.3, 0.4) is 0 Å². The second kappa shape index (κ2) is 5.76. The van der Waals surface area contributed by atoms with Gasteiger partial charge in [-0.25, -0.2) is 0 Å². The van der Waals surface area contributed by atoms with Crippen LogP contribution in [0.15, 0.2) is 0 Å². The van der Waals surface area contributed by atoms with Gasteiger partial charge < -0.3 is 15.5 Å². The van der Waals surface area contributed by atoms with Gasteiger partial charge >= 0.3 is 12.4 Å². The van der Waals surface area contributed by atoms with E-state index in [1.807, 2.05) is 0 Å². The first-order chi connectivity index (χ1) is 8.98. The zero-order chi connectivity index (χ0) is 15.7. The number of carbonyl (C=O) groups is 1. The summed E-state index contributed by atoms with van der Waals surface area (Å²) in [6, 6.07) is -0.853. The van der Waals surface area contributed by atoms with Gasteiger partial charge in [-0.05, 0) is 7.05 Å². The summed E-state index contributed by atoms with van der Waals surface area (Å²) in [7, 11) is 1.65. The molecule has 0 aromatic carbocycles. The number of rotatable bonds is 2. The Labute approximate surface area is 111 Å². The number of carbonyl (C=O) groups excluding carboxylic acids is 1. The van der Waals surface area contributed by atoms with Crippen LogP contribution in [0, 0.1) is 5.92 Å². The van der Waals surface area contributed by atoms with Crippen molar-refractivity contribution < 1.29 is 31.1 Å². The standard InChI is InChI=1S/C10H15F6N3O/c1-18-2-3-19(6(4-17)5-18)8(20)7(9(11,12)13)10(14,15)16/h6-7H,2-5,17H2,1H3. The molecule has 1 unspecified atom stereocenters. The molecule has 1 fully saturated rings. The fraction of sp³-hybridized carbons (Fsp3) is 0.900. The van der Waals surface area contributed by atoms with E-state index >= 15 is 0 Å². The average molecular weight is 307 g/mol. The van der Waals surface area contributed by atoms with Crippen LogP contribution in [0.5, 0.6) is 0 Å². The summed E-state index contributed by atoms with van der Waals surface area (Å²) in [6.07, 6.45) is -11.3. The number of amides is 1. The monoisotopic (exact) mass is 307 g/mol. The maximum atomic E-state index is 12.5. The summed E-state index contributed by atoms with van der Waals surface area (Å²) >= 11 is 0. The highest BCUT2D eigenvalue weighted by Gasteiger charge is 2.62. The quantitative estimate of drug-likeness (QED) is 0.769. The van der Waals surface area contributed by atoms with E-state index in [2.05, 4.69) is 0 Å². The molecule has 0 radical (unpaired) electrons. The molecule has 1 rings (SSSR count). The van der Waals surface area contributed by atoms with Gasteiger partial charge in [-0.15, -0.1) is 0 Å². The summed E-state index contributed by atoms with van der Waals surface area (Å²) in [5.41, 5.74) is 5.33. The van der Waals surface area contributed by atoms with Gasteiger partial charge in [0.05, 0.1) is 6.04 Å². The van der Waals surface area contributed by atoms with Gasteiger partial charge in [-0.3, -0.25) is 4.79 Å². The first-order valence-corrected chi connectivity index (χ1v) is 5.81. The molecule has 1 aliphatic heterocycles. The number of likely N-dealkylation sites (N-methyl/N-ethyl adjacent to an activating group) is 1.